The van der Waals surface area contributed by atoms with Crippen LogP contribution in [0.25, 0.3) is 0 Å². The average molecular weight is 903 g/mol. The molecule has 2 heterocycles. The van der Waals surface area contributed by atoms with Crippen LogP contribution in [0.15, 0.2) is 60.7 Å². The topological polar surface area (TPSA) is 331 Å². The fourth-order valence-electron chi connectivity index (χ4n) is 7.22. The third-order valence-electron chi connectivity index (χ3n) is 10.1. The van der Waals surface area contributed by atoms with E-state index in [1.165, 1.54) is 38.1 Å². The first-order valence-electron chi connectivity index (χ1n) is 20.1. The summed E-state index contributed by atoms with van der Waals surface area (Å²) in [5.41, 5.74) is 0.306. The quantitative estimate of drug-likeness (QED) is 0.0779. The van der Waals surface area contributed by atoms with E-state index < -0.39 is 121 Å². The summed E-state index contributed by atoms with van der Waals surface area (Å²) >= 11 is 0. The molecule has 6 amide bonds. The van der Waals surface area contributed by atoms with E-state index in [-0.39, 0.29) is 35.0 Å². The minimum atomic E-state index is -1.77. The van der Waals surface area contributed by atoms with Gasteiger partial charge in [0.25, 0.3) is 0 Å². The summed E-state index contributed by atoms with van der Waals surface area (Å²) in [6.45, 7) is 5.76. The highest BCUT2D eigenvalue weighted by Gasteiger charge is 2.53. The first-order chi connectivity index (χ1) is 30.7. The van der Waals surface area contributed by atoms with Crippen molar-refractivity contribution in [2.45, 2.75) is 83.1 Å². The molecule has 0 radical (unpaired) electrons. The number of hydrogen-bond donors (Lipinski definition) is 9. The average Bonchev–Trinajstić information content (AvgIpc) is 3.51. The van der Waals surface area contributed by atoms with Crippen LogP contribution in [0.4, 0.5) is 16.2 Å². The Kier molecular flexibility index (Phi) is 15.1. The number of amides is 6. The first kappa shape index (κ1) is 48.0. The van der Waals surface area contributed by atoms with E-state index in [4.69, 9.17) is 14.2 Å². The van der Waals surface area contributed by atoms with Crippen LogP contribution in [0.3, 0.4) is 0 Å². The van der Waals surface area contributed by atoms with Gasteiger partial charge in [0.05, 0.1) is 25.0 Å². The second-order valence-corrected chi connectivity index (χ2v) is 15.2. The van der Waals surface area contributed by atoms with Gasteiger partial charge in [-0.1, -0.05) is 32.0 Å². The number of fused-ring (bicyclic) bond motifs is 6. The molecular weight excluding hydrogens is 856 g/mol. The molecule has 22 nitrogen and oxygen atoms in total. The Labute approximate surface area is 369 Å². The van der Waals surface area contributed by atoms with Crippen LogP contribution in [0.1, 0.15) is 80.4 Å². The fraction of sp³-hybridized carbons (Fsp3) is 0.349. The predicted molar refractivity (Wildman–Crippen MR) is 224 cm³/mol. The molecule has 0 aliphatic carbocycles. The Morgan fingerprint density at radius 3 is 1.77 bits per heavy atom. The molecule has 0 fully saturated rings. The molecule has 5 rings (SSSR count). The number of esters is 1. The molecular formula is C43H46N6O16. The number of benzene rings is 3. The number of carboxylic acid groups (broad SMARTS) is 3. The van der Waals surface area contributed by atoms with Gasteiger partial charge < -0.3 is 56.1 Å². The van der Waals surface area contributed by atoms with Crippen molar-refractivity contribution >= 4 is 70.9 Å². The molecule has 0 aromatic heterocycles. The minimum absolute atomic E-state index is 0.0431. The number of hydrogen-bond acceptors (Lipinski definition) is 13. The van der Waals surface area contributed by atoms with Gasteiger partial charge in [-0.3, -0.25) is 43.7 Å². The molecule has 0 bridgehead atoms. The van der Waals surface area contributed by atoms with Gasteiger partial charge in [-0.15, -0.1) is 0 Å². The second-order valence-electron chi connectivity index (χ2n) is 15.2. The van der Waals surface area contributed by atoms with Gasteiger partial charge in [-0.25, -0.2) is 9.59 Å². The number of ether oxygens (including phenoxy) is 3. The first-order valence-corrected chi connectivity index (χ1v) is 20.1. The van der Waals surface area contributed by atoms with Crippen LogP contribution in [0.2, 0.25) is 0 Å². The maximum absolute atomic E-state index is 13.8. The molecule has 2 aliphatic heterocycles. The number of carbonyl (C=O) groups is 10. The second kappa shape index (κ2) is 20.4. The van der Waals surface area contributed by atoms with Crippen molar-refractivity contribution in [3.63, 3.8) is 0 Å². The maximum atomic E-state index is 13.8. The van der Waals surface area contributed by atoms with Crippen LogP contribution in [0, 0.1) is 5.92 Å². The molecule has 0 saturated carbocycles. The van der Waals surface area contributed by atoms with E-state index in [9.17, 15) is 63.3 Å². The molecule has 65 heavy (non-hydrogen) atoms. The van der Waals surface area contributed by atoms with Gasteiger partial charge >= 0.3 is 30.0 Å². The lowest BCUT2D eigenvalue weighted by atomic mass is 9.77. The van der Waals surface area contributed by atoms with E-state index in [0.717, 1.165) is 6.92 Å². The van der Waals surface area contributed by atoms with E-state index >= 15 is 0 Å². The third-order valence-corrected chi connectivity index (χ3v) is 10.1. The SMILES string of the molecule is CCOC(=O)Nc1ccc2c(c1)Oc1cc(NC(=O)[C@H](CC(=O)O)NC(=O)[C@@H](NC(=O)[C@H](CCC(=O)O)NC(=O)[C@H](CC(=O)O)NC(C)=O)C(C)C)ccc1C21OC(=O)c2ccccc21. The summed E-state index contributed by atoms with van der Waals surface area (Å²) in [6, 6.07) is 9.17. The lowest BCUT2D eigenvalue weighted by Crippen LogP contribution is -2.59. The third kappa shape index (κ3) is 11.3. The molecule has 3 aromatic rings. The van der Waals surface area contributed by atoms with Gasteiger partial charge in [-0.05, 0) is 49.6 Å². The van der Waals surface area contributed by atoms with E-state index in [1.807, 2.05) is 0 Å². The smallest absolute Gasteiger partial charge is 0.411 e. The Hall–Kier alpha value is -8.04. The number of anilines is 2. The van der Waals surface area contributed by atoms with Gasteiger partial charge in [-0.2, -0.15) is 0 Å². The normalized spacial score (nSPS) is 16.0. The molecule has 9 N–H and O–H groups in total. The Balaban J connectivity index is 1.39. The van der Waals surface area contributed by atoms with Crippen LogP contribution < -0.4 is 36.6 Å². The van der Waals surface area contributed by atoms with Crippen LogP contribution in [-0.2, 0) is 53.4 Å². The van der Waals surface area contributed by atoms with E-state index in [0.29, 0.717) is 16.7 Å². The van der Waals surface area contributed by atoms with Crippen LogP contribution in [0.5, 0.6) is 11.5 Å². The van der Waals surface area contributed by atoms with E-state index in [1.54, 1.807) is 43.3 Å². The molecule has 5 atom stereocenters. The predicted octanol–water partition coefficient (Wildman–Crippen LogP) is 2.19. The molecule has 0 saturated heterocycles. The summed E-state index contributed by atoms with van der Waals surface area (Å²) in [6.07, 6.45) is -3.74. The molecule has 344 valence electrons. The summed E-state index contributed by atoms with van der Waals surface area (Å²) in [4.78, 5) is 126. The summed E-state index contributed by atoms with van der Waals surface area (Å²) in [5.74, 6) is -10.5. The van der Waals surface area contributed by atoms with Crippen molar-refractivity contribution in [3.05, 3.63) is 82.9 Å². The Morgan fingerprint density at radius 1 is 0.662 bits per heavy atom. The lowest BCUT2D eigenvalue weighted by Gasteiger charge is -2.37. The van der Waals surface area contributed by atoms with Crippen LogP contribution >= 0.6 is 0 Å². The van der Waals surface area contributed by atoms with Gasteiger partial charge in [0.1, 0.15) is 35.7 Å². The highest BCUT2D eigenvalue weighted by atomic mass is 16.6. The summed E-state index contributed by atoms with van der Waals surface area (Å²) in [5, 5.41) is 42.5. The van der Waals surface area contributed by atoms with Crippen molar-refractivity contribution in [1.29, 1.82) is 0 Å². The molecule has 1 unspecified atom stereocenters. The fourth-order valence-corrected chi connectivity index (χ4v) is 7.22. The molecule has 22 heteroatoms. The van der Waals surface area contributed by atoms with Crippen molar-refractivity contribution in [2.75, 3.05) is 17.2 Å². The number of carbonyl (C=O) groups excluding carboxylic acids is 7. The number of aliphatic carboxylic acids is 3. The number of carboxylic acids is 3. The summed E-state index contributed by atoms with van der Waals surface area (Å²) < 4.78 is 17.4. The largest absolute Gasteiger partial charge is 0.481 e. The van der Waals surface area contributed by atoms with Crippen molar-refractivity contribution in [1.82, 2.24) is 21.3 Å². The standard InChI is InChI=1S/C43H46N6O16/c1-5-63-42(62)46-23-11-13-27-32(17-23)64-31-16-22(10-12-26(31)43(27)25-9-7-6-8-24(25)41(61)65-43)45-38(58)30(19-35(55)56)48-40(60)36(20(2)3)49-37(57)28(14-15-33(51)52)47-39(59)29(18-34(53)54)44-21(4)50/h6-13,16-17,20,28-30,36H,5,14-15,18-19H2,1-4H3,(H,44,50)(H,45,58)(H,46,62)(H,47,59)(H,48,60)(H,49,57)(H,51,52)(H,53,54)(H,55,56)/t28-,29-,30-,36-,43?/m0/s1. The zero-order valence-corrected chi connectivity index (χ0v) is 35.3. The summed E-state index contributed by atoms with van der Waals surface area (Å²) in [7, 11) is 0. The van der Waals surface area contributed by atoms with Gasteiger partial charge in [0.15, 0.2) is 5.60 Å². The minimum Gasteiger partial charge on any atom is -0.481 e. The highest BCUT2D eigenvalue weighted by Crippen LogP contribution is 2.56. The van der Waals surface area contributed by atoms with Gasteiger partial charge in [0.2, 0.25) is 29.5 Å². The van der Waals surface area contributed by atoms with Crippen molar-refractivity contribution in [2.24, 2.45) is 5.92 Å². The Morgan fingerprint density at radius 2 is 1.22 bits per heavy atom. The number of nitrogens with one attached hydrogen (secondary N) is 6. The zero-order chi connectivity index (χ0) is 47.7. The maximum Gasteiger partial charge on any atom is 0.411 e. The van der Waals surface area contributed by atoms with Crippen LogP contribution in [-0.4, -0.2) is 106 Å². The van der Waals surface area contributed by atoms with Gasteiger partial charge in [0, 0.05) is 53.5 Å². The van der Waals surface area contributed by atoms with E-state index in [2.05, 4.69) is 31.9 Å². The zero-order valence-electron chi connectivity index (χ0n) is 35.3. The molecule has 2 aliphatic rings. The number of rotatable bonds is 19. The molecule has 3 aromatic carbocycles. The monoisotopic (exact) mass is 902 g/mol. The Bertz CT molecular complexity index is 2420. The van der Waals surface area contributed by atoms with Crippen molar-refractivity contribution in [3.8, 4) is 11.5 Å². The lowest BCUT2D eigenvalue weighted by molar-refractivity contribution is -0.142. The molecule has 1 spiro atoms. The van der Waals surface area contributed by atoms with Crippen molar-refractivity contribution < 1.29 is 77.5 Å². The highest BCUT2D eigenvalue weighted by molar-refractivity contribution is 6.02.